The van der Waals surface area contributed by atoms with Crippen molar-refractivity contribution in [3.63, 3.8) is 0 Å². The highest BCUT2D eigenvalue weighted by atomic mass is 32.2. The van der Waals surface area contributed by atoms with Gasteiger partial charge >= 0.3 is 0 Å². The molecule has 0 aliphatic heterocycles. The van der Waals surface area contributed by atoms with Gasteiger partial charge in [-0.05, 0) is 66.3 Å². The molecular weight excluding hydrogens is 434 g/mol. The van der Waals surface area contributed by atoms with Gasteiger partial charge in [-0.15, -0.1) is 11.8 Å². The fourth-order valence-electron chi connectivity index (χ4n) is 3.08. The normalized spacial score (nSPS) is 9.42. The van der Waals surface area contributed by atoms with Crippen molar-refractivity contribution in [3.8, 4) is 22.6 Å². The number of rotatable bonds is 8. The molecule has 3 aromatic rings. The molecule has 0 bridgehead atoms. The maximum atomic E-state index is 8.94. The predicted octanol–water partition coefficient (Wildman–Crippen LogP) is 5.65. The molecule has 3 aromatic carbocycles. The highest BCUT2D eigenvalue weighted by molar-refractivity contribution is 7.98. The fourth-order valence-corrected chi connectivity index (χ4v) is 3.54. The zero-order valence-corrected chi connectivity index (χ0v) is 21.1. The van der Waals surface area contributed by atoms with Crippen LogP contribution in [-0.4, -0.2) is 26.8 Å². The molecule has 0 atom stereocenters. The number of hydrazine groups is 1. The van der Waals surface area contributed by atoms with Crippen LogP contribution in [0.2, 0.25) is 0 Å². The lowest BCUT2D eigenvalue weighted by atomic mass is 10.0. The zero-order valence-electron chi connectivity index (χ0n) is 20.3. The van der Waals surface area contributed by atoms with Crippen molar-refractivity contribution in [2.24, 2.45) is 5.84 Å². The third-order valence-electron chi connectivity index (χ3n) is 4.64. The van der Waals surface area contributed by atoms with E-state index in [0.29, 0.717) is 13.0 Å². The van der Waals surface area contributed by atoms with Crippen LogP contribution < -0.4 is 26.1 Å². The van der Waals surface area contributed by atoms with Gasteiger partial charge in [-0.2, -0.15) is 0 Å². The average molecular weight is 470 g/mol. The van der Waals surface area contributed by atoms with E-state index in [1.54, 1.807) is 24.3 Å². The van der Waals surface area contributed by atoms with Crippen LogP contribution in [0.15, 0.2) is 65.6 Å². The summed E-state index contributed by atoms with van der Waals surface area (Å²) in [5, 5.41) is 3.20. The SMILES string of the molecule is CC.CNc1cccc(OC)c1COc1ccc(-c2cccc(SC)c2)cc1C.NNC=O. The molecule has 0 fully saturated rings. The van der Waals surface area contributed by atoms with Gasteiger partial charge in [0.2, 0.25) is 6.41 Å². The van der Waals surface area contributed by atoms with Gasteiger partial charge in [-0.3, -0.25) is 10.2 Å². The van der Waals surface area contributed by atoms with E-state index >= 15 is 0 Å². The lowest BCUT2D eigenvalue weighted by Gasteiger charge is -2.16. The number of methoxy groups -OCH3 is 1. The van der Waals surface area contributed by atoms with Gasteiger partial charge in [0, 0.05) is 17.6 Å². The van der Waals surface area contributed by atoms with Crippen molar-refractivity contribution in [1.29, 1.82) is 0 Å². The first-order chi connectivity index (χ1) is 16.1. The minimum atomic E-state index is 0.403. The van der Waals surface area contributed by atoms with Crippen LogP contribution in [0.4, 0.5) is 5.69 Å². The second kappa shape index (κ2) is 15.6. The summed E-state index contributed by atoms with van der Waals surface area (Å²) >= 11 is 1.76. The molecule has 0 spiro atoms. The summed E-state index contributed by atoms with van der Waals surface area (Å²) in [6.07, 6.45) is 2.50. The average Bonchev–Trinajstić information content (AvgIpc) is 2.89. The van der Waals surface area contributed by atoms with E-state index in [1.807, 2.05) is 45.2 Å². The van der Waals surface area contributed by atoms with Crippen molar-refractivity contribution in [3.05, 3.63) is 71.8 Å². The Kier molecular flexibility index (Phi) is 13.2. The van der Waals surface area contributed by atoms with Crippen molar-refractivity contribution >= 4 is 23.9 Å². The van der Waals surface area contributed by atoms with Crippen LogP contribution >= 0.6 is 11.8 Å². The van der Waals surface area contributed by atoms with Crippen LogP contribution in [0.5, 0.6) is 11.5 Å². The summed E-state index contributed by atoms with van der Waals surface area (Å²) in [5.74, 6) is 6.12. The molecule has 0 saturated carbocycles. The van der Waals surface area contributed by atoms with Crippen LogP contribution in [0, 0.1) is 6.92 Å². The van der Waals surface area contributed by atoms with Crippen LogP contribution in [-0.2, 0) is 11.4 Å². The lowest BCUT2D eigenvalue weighted by molar-refractivity contribution is -0.109. The van der Waals surface area contributed by atoms with E-state index in [1.165, 1.54) is 16.0 Å². The second-order valence-corrected chi connectivity index (χ2v) is 7.40. The van der Waals surface area contributed by atoms with Gasteiger partial charge in [0.25, 0.3) is 0 Å². The number of nitrogens with two attached hydrogens (primary N) is 1. The van der Waals surface area contributed by atoms with E-state index in [4.69, 9.17) is 14.3 Å². The molecule has 4 N–H and O–H groups in total. The van der Waals surface area contributed by atoms with Gasteiger partial charge in [0.1, 0.15) is 18.1 Å². The highest BCUT2D eigenvalue weighted by Crippen LogP contribution is 2.31. The van der Waals surface area contributed by atoms with Crippen LogP contribution in [0.25, 0.3) is 11.1 Å². The number of nitrogens with one attached hydrogen (secondary N) is 2. The van der Waals surface area contributed by atoms with Crippen molar-refractivity contribution in [1.82, 2.24) is 5.43 Å². The lowest BCUT2D eigenvalue weighted by Crippen LogP contribution is -2.18. The van der Waals surface area contributed by atoms with E-state index in [9.17, 15) is 0 Å². The number of carbonyl (C=O) groups excluding carboxylic acids is 1. The molecule has 0 aliphatic carbocycles. The van der Waals surface area contributed by atoms with Crippen molar-refractivity contribution < 1.29 is 14.3 Å². The highest BCUT2D eigenvalue weighted by Gasteiger charge is 2.10. The number of thioether (sulfide) groups is 1. The summed E-state index contributed by atoms with van der Waals surface area (Å²) in [6.45, 7) is 6.53. The number of hydrogen-bond donors (Lipinski definition) is 3. The Hall–Kier alpha value is -3.16. The smallest absolute Gasteiger partial charge is 0.221 e. The van der Waals surface area contributed by atoms with Crippen molar-refractivity contribution in [2.45, 2.75) is 32.3 Å². The van der Waals surface area contributed by atoms with Crippen molar-refractivity contribution in [2.75, 3.05) is 25.7 Å². The molecule has 0 aliphatic rings. The topological polar surface area (TPSA) is 85.6 Å². The molecule has 0 saturated heterocycles. The number of anilines is 1. The summed E-state index contributed by atoms with van der Waals surface area (Å²) < 4.78 is 11.6. The summed E-state index contributed by atoms with van der Waals surface area (Å²) in [5.41, 5.74) is 7.31. The molecule has 1 amide bonds. The Morgan fingerprint density at radius 1 is 1.00 bits per heavy atom. The Morgan fingerprint density at radius 2 is 1.67 bits per heavy atom. The summed E-state index contributed by atoms with van der Waals surface area (Å²) in [4.78, 5) is 10.2. The monoisotopic (exact) mass is 469 g/mol. The third kappa shape index (κ3) is 8.36. The summed E-state index contributed by atoms with van der Waals surface area (Å²) in [7, 11) is 3.59. The number of benzene rings is 3. The molecule has 0 aromatic heterocycles. The number of hydrogen-bond acceptors (Lipinski definition) is 6. The first-order valence-corrected chi connectivity index (χ1v) is 11.9. The molecular formula is C26H35N3O3S. The third-order valence-corrected chi connectivity index (χ3v) is 5.37. The second-order valence-electron chi connectivity index (χ2n) is 6.52. The molecule has 7 heteroatoms. The van der Waals surface area contributed by atoms with E-state index in [-0.39, 0.29) is 0 Å². The molecule has 0 radical (unpaired) electrons. The Morgan fingerprint density at radius 3 is 2.24 bits per heavy atom. The van der Waals surface area contributed by atoms with Gasteiger partial charge in [-0.25, -0.2) is 5.84 Å². The van der Waals surface area contributed by atoms with Gasteiger partial charge in [-0.1, -0.05) is 38.1 Å². The first-order valence-electron chi connectivity index (χ1n) is 10.7. The summed E-state index contributed by atoms with van der Waals surface area (Å²) in [6, 6.07) is 20.9. The predicted molar refractivity (Wildman–Crippen MR) is 140 cm³/mol. The number of ether oxygens (including phenoxy) is 2. The largest absolute Gasteiger partial charge is 0.496 e. The molecule has 33 heavy (non-hydrogen) atoms. The maximum Gasteiger partial charge on any atom is 0.221 e. The van der Waals surface area contributed by atoms with Crippen LogP contribution in [0.1, 0.15) is 25.0 Å². The Bertz CT molecular complexity index is 974. The molecule has 0 unspecified atom stereocenters. The number of carbonyl (C=O) groups is 1. The zero-order chi connectivity index (χ0) is 24.6. The Labute approximate surface area is 201 Å². The Balaban J connectivity index is 0.000000820. The molecule has 3 rings (SSSR count). The number of amides is 1. The quantitative estimate of drug-likeness (QED) is 0.130. The number of aryl methyl sites for hydroxylation is 1. The van der Waals surface area contributed by atoms with Gasteiger partial charge in [0.05, 0.1) is 12.7 Å². The maximum absolute atomic E-state index is 8.94. The first kappa shape index (κ1) is 27.9. The standard InChI is InChI=1S/C23H25NO2S.C2H6.CH4N2O/c1-16-13-18(17-7-5-8-19(14-17)27-4)11-12-22(16)26-15-20-21(24-2)9-6-10-23(20)25-3;1-2;2-3-1-4/h5-14,24H,15H2,1-4H3;1-2H3;1H,2H2,(H,3,4). The van der Waals surface area contributed by atoms with E-state index in [2.05, 4.69) is 60.7 Å². The minimum absolute atomic E-state index is 0.403. The van der Waals surface area contributed by atoms with Gasteiger partial charge < -0.3 is 14.8 Å². The minimum Gasteiger partial charge on any atom is -0.496 e. The van der Waals surface area contributed by atoms with E-state index in [0.717, 1.165) is 28.3 Å². The van der Waals surface area contributed by atoms with Crippen LogP contribution in [0.3, 0.4) is 0 Å². The van der Waals surface area contributed by atoms with E-state index < -0.39 is 0 Å². The van der Waals surface area contributed by atoms with Gasteiger partial charge in [0.15, 0.2) is 0 Å². The molecule has 178 valence electrons. The molecule has 6 nitrogen and oxygen atoms in total. The fraction of sp³-hybridized carbons (Fsp3) is 0.269. The molecule has 0 heterocycles.